The van der Waals surface area contributed by atoms with Crippen LogP contribution in [0.4, 0.5) is 0 Å². The highest BCUT2D eigenvalue weighted by Crippen LogP contribution is 2.41. The van der Waals surface area contributed by atoms with Crippen LogP contribution in [0.15, 0.2) is 24.3 Å². The zero-order valence-corrected chi connectivity index (χ0v) is 12.3. The molecule has 110 valence electrons. The minimum atomic E-state index is -0.338. The van der Waals surface area contributed by atoms with Gasteiger partial charge in [0.25, 0.3) is 0 Å². The zero-order chi connectivity index (χ0) is 14.6. The van der Waals surface area contributed by atoms with Gasteiger partial charge in [0.15, 0.2) is 0 Å². The number of rotatable bonds is 6. The number of para-hydroxylation sites is 1. The van der Waals surface area contributed by atoms with Crippen molar-refractivity contribution in [1.29, 1.82) is 0 Å². The average Bonchev–Trinajstić information content (AvgIpc) is 2.44. The quantitative estimate of drug-likeness (QED) is 0.838. The molecule has 0 heterocycles. The Morgan fingerprint density at radius 2 is 2.15 bits per heavy atom. The summed E-state index contributed by atoms with van der Waals surface area (Å²) in [6.07, 6.45) is 3.72. The van der Waals surface area contributed by atoms with Gasteiger partial charge in [0.1, 0.15) is 5.75 Å². The predicted octanol–water partition coefficient (Wildman–Crippen LogP) is 2.39. The van der Waals surface area contributed by atoms with Gasteiger partial charge in [-0.1, -0.05) is 31.5 Å². The van der Waals surface area contributed by atoms with Gasteiger partial charge in [-0.25, -0.2) is 0 Å². The fourth-order valence-corrected chi connectivity index (χ4v) is 2.79. The van der Waals surface area contributed by atoms with Gasteiger partial charge in [0.2, 0.25) is 5.91 Å². The van der Waals surface area contributed by atoms with E-state index in [1.807, 2.05) is 24.3 Å². The van der Waals surface area contributed by atoms with Crippen LogP contribution in [0.25, 0.3) is 0 Å². The molecule has 2 rings (SSSR count). The van der Waals surface area contributed by atoms with Crippen molar-refractivity contribution in [1.82, 2.24) is 5.32 Å². The van der Waals surface area contributed by atoms with Crippen molar-refractivity contribution in [2.75, 3.05) is 13.7 Å². The first-order valence-electron chi connectivity index (χ1n) is 7.31. The van der Waals surface area contributed by atoms with Crippen molar-refractivity contribution in [3.05, 3.63) is 29.8 Å². The van der Waals surface area contributed by atoms with Crippen molar-refractivity contribution in [3.8, 4) is 5.75 Å². The number of hydrogen-bond acceptors (Lipinski definition) is 3. The van der Waals surface area contributed by atoms with E-state index in [0.717, 1.165) is 37.0 Å². The molecule has 1 unspecified atom stereocenters. The molecule has 1 saturated carbocycles. The lowest BCUT2D eigenvalue weighted by molar-refractivity contribution is -0.136. The molecule has 0 aliphatic heterocycles. The summed E-state index contributed by atoms with van der Waals surface area (Å²) in [5, 5.41) is 3.15. The second-order valence-electron chi connectivity index (χ2n) is 5.51. The molecule has 0 spiro atoms. The fourth-order valence-electron chi connectivity index (χ4n) is 2.79. The lowest BCUT2D eigenvalue weighted by Gasteiger charge is -2.40. The monoisotopic (exact) mass is 276 g/mol. The smallest absolute Gasteiger partial charge is 0.227 e. The zero-order valence-electron chi connectivity index (χ0n) is 12.3. The average molecular weight is 276 g/mol. The number of methoxy groups -OCH3 is 1. The Hall–Kier alpha value is -1.55. The fraction of sp³-hybridized carbons (Fsp3) is 0.562. The molecule has 20 heavy (non-hydrogen) atoms. The van der Waals surface area contributed by atoms with Gasteiger partial charge in [-0.15, -0.1) is 0 Å². The largest absolute Gasteiger partial charge is 0.496 e. The van der Waals surface area contributed by atoms with Crippen LogP contribution < -0.4 is 15.8 Å². The Labute approximate surface area is 120 Å². The van der Waals surface area contributed by atoms with Gasteiger partial charge >= 0.3 is 0 Å². The summed E-state index contributed by atoms with van der Waals surface area (Å²) in [5.41, 5.74) is 6.48. The molecule has 0 radical (unpaired) electrons. The summed E-state index contributed by atoms with van der Waals surface area (Å²) in [7, 11) is 1.65. The van der Waals surface area contributed by atoms with E-state index in [1.165, 1.54) is 0 Å². The van der Waals surface area contributed by atoms with Gasteiger partial charge < -0.3 is 15.8 Å². The molecular weight excluding hydrogens is 252 g/mol. The molecule has 4 heteroatoms. The molecule has 3 N–H and O–H groups in total. The second kappa shape index (κ2) is 6.27. The summed E-state index contributed by atoms with van der Waals surface area (Å²) >= 11 is 0. The van der Waals surface area contributed by atoms with Crippen LogP contribution in [0.3, 0.4) is 0 Å². The van der Waals surface area contributed by atoms with Gasteiger partial charge in [-0.2, -0.15) is 0 Å². The number of nitrogens with two attached hydrogens (primary N) is 1. The molecule has 1 aromatic carbocycles. The summed E-state index contributed by atoms with van der Waals surface area (Å²) in [6, 6.07) is 7.80. The third kappa shape index (κ3) is 2.66. The Morgan fingerprint density at radius 3 is 2.65 bits per heavy atom. The maximum Gasteiger partial charge on any atom is 0.227 e. The van der Waals surface area contributed by atoms with Crippen molar-refractivity contribution < 1.29 is 9.53 Å². The minimum absolute atomic E-state index is 0.0253. The van der Waals surface area contributed by atoms with Crippen LogP contribution in [-0.4, -0.2) is 19.6 Å². The maximum atomic E-state index is 12.5. The lowest BCUT2D eigenvalue weighted by Crippen LogP contribution is -2.51. The van der Waals surface area contributed by atoms with Gasteiger partial charge in [0.05, 0.1) is 18.6 Å². The summed E-state index contributed by atoms with van der Waals surface area (Å²) in [6.45, 7) is 2.49. The van der Waals surface area contributed by atoms with E-state index < -0.39 is 0 Å². The van der Waals surface area contributed by atoms with Crippen molar-refractivity contribution in [3.63, 3.8) is 0 Å². The summed E-state index contributed by atoms with van der Waals surface area (Å²) in [4.78, 5) is 12.5. The number of carbonyl (C=O) groups excluding carboxylic acids is 1. The second-order valence-corrected chi connectivity index (χ2v) is 5.51. The predicted molar refractivity (Wildman–Crippen MR) is 79.5 cm³/mol. The van der Waals surface area contributed by atoms with Gasteiger partial charge in [-0.3, -0.25) is 4.79 Å². The van der Waals surface area contributed by atoms with Crippen LogP contribution in [0.2, 0.25) is 0 Å². The van der Waals surface area contributed by atoms with Crippen LogP contribution in [-0.2, 0) is 4.79 Å². The first-order chi connectivity index (χ1) is 9.66. The van der Waals surface area contributed by atoms with Crippen molar-refractivity contribution >= 4 is 5.91 Å². The molecular formula is C16H24N2O2. The molecule has 4 nitrogen and oxygen atoms in total. The Morgan fingerprint density at radius 1 is 1.45 bits per heavy atom. The minimum Gasteiger partial charge on any atom is -0.496 e. The molecule has 1 aliphatic rings. The van der Waals surface area contributed by atoms with Crippen LogP contribution in [0, 0.1) is 5.41 Å². The number of ether oxygens (including phenoxy) is 1. The standard InChI is InChI=1S/C16H24N2O2/c1-3-13(12-7-4-5-8-14(12)20-2)18-15(19)16(11-17)9-6-10-16/h4-5,7-8,13H,3,6,9-11,17H2,1-2H3,(H,18,19). The van der Waals surface area contributed by atoms with E-state index in [-0.39, 0.29) is 17.4 Å². The highest BCUT2D eigenvalue weighted by molar-refractivity contribution is 5.84. The van der Waals surface area contributed by atoms with E-state index in [4.69, 9.17) is 10.5 Å². The number of carbonyl (C=O) groups is 1. The van der Waals surface area contributed by atoms with Crippen LogP contribution >= 0.6 is 0 Å². The lowest BCUT2D eigenvalue weighted by atomic mass is 9.68. The highest BCUT2D eigenvalue weighted by atomic mass is 16.5. The molecule has 0 saturated heterocycles. The van der Waals surface area contributed by atoms with E-state index in [9.17, 15) is 4.79 Å². The van der Waals surface area contributed by atoms with E-state index in [1.54, 1.807) is 7.11 Å². The molecule has 1 fully saturated rings. The SMILES string of the molecule is CCC(NC(=O)C1(CN)CCC1)c1ccccc1OC. The topological polar surface area (TPSA) is 64.4 Å². The van der Waals surface area contributed by atoms with Crippen molar-refractivity contribution in [2.45, 2.75) is 38.6 Å². The number of benzene rings is 1. The number of amides is 1. The van der Waals surface area contributed by atoms with Crippen LogP contribution in [0.1, 0.15) is 44.2 Å². The van der Waals surface area contributed by atoms with E-state index in [0.29, 0.717) is 6.54 Å². The Kier molecular flexibility index (Phi) is 4.65. The van der Waals surface area contributed by atoms with E-state index in [2.05, 4.69) is 12.2 Å². The Bertz CT molecular complexity index is 464. The molecule has 1 atom stereocenters. The number of hydrogen-bond donors (Lipinski definition) is 2. The van der Waals surface area contributed by atoms with Gasteiger partial charge in [0, 0.05) is 12.1 Å². The maximum absolute atomic E-state index is 12.5. The molecule has 1 amide bonds. The molecule has 0 bridgehead atoms. The first kappa shape index (κ1) is 14.9. The highest BCUT2D eigenvalue weighted by Gasteiger charge is 2.43. The third-order valence-electron chi connectivity index (χ3n) is 4.41. The normalized spacial score (nSPS) is 17.9. The molecule has 1 aliphatic carbocycles. The van der Waals surface area contributed by atoms with Crippen molar-refractivity contribution in [2.24, 2.45) is 11.1 Å². The first-order valence-corrected chi connectivity index (χ1v) is 7.31. The molecule has 0 aromatic heterocycles. The van der Waals surface area contributed by atoms with Crippen LogP contribution in [0.5, 0.6) is 5.75 Å². The summed E-state index contributed by atoms with van der Waals surface area (Å²) in [5.74, 6) is 0.902. The van der Waals surface area contributed by atoms with E-state index >= 15 is 0 Å². The molecule has 1 aromatic rings. The van der Waals surface area contributed by atoms with Gasteiger partial charge in [-0.05, 0) is 25.3 Å². The Balaban J connectivity index is 2.15. The third-order valence-corrected chi connectivity index (χ3v) is 4.41. The number of nitrogens with one attached hydrogen (secondary N) is 1. The summed E-state index contributed by atoms with van der Waals surface area (Å²) < 4.78 is 5.39.